The van der Waals surface area contributed by atoms with E-state index < -0.39 is 0 Å². The van der Waals surface area contributed by atoms with Crippen LogP contribution < -0.4 is 5.32 Å². The summed E-state index contributed by atoms with van der Waals surface area (Å²) in [6, 6.07) is 7.16. The van der Waals surface area contributed by atoms with Gasteiger partial charge in [0.05, 0.1) is 6.04 Å². The highest BCUT2D eigenvalue weighted by Gasteiger charge is 2.19. The summed E-state index contributed by atoms with van der Waals surface area (Å²) in [7, 11) is 0. The second-order valence-electron chi connectivity index (χ2n) is 4.74. The molecule has 0 aliphatic rings. The van der Waals surface area contributed by atoms with Gasteiger partial charge < -0.3 is 5.32 Å². The van der Waals surface area contributed by atoms with Crippen molar-refractivity contribution < 1.29 is 0 Å². The van der Waals surface area contributed by atoms with Crippen molar-refractivity contribution in [3.8, 4) is 0 Å². The summed E-state index contributed by atoms with van der Waals surface area (Å²) >= 11 is 9.26. The molecule has 3 aromatic heterocycles. The highest BCUT2D eigenvalue weighted by atomic mass is 79.9. The quantitative estimate of drug-likeness (QED) is 0.552. The number of rotatable bonds is 5. The van der Waals surface area contributed by atoms with E-state index in [4.69, 9.17) is 0 Å². The lowest BCUT2D eigenvalue weighted by molar-refractivity contribution is 0.613. The minimum absolute atomic E-state index is 0.328. The molecular weight excluding hydrogens is 370 g/mol. The van der Waals surface area contributed by atoms with Crippen LogP contribution in [0.3, 0.4) is 0 Å². The van der Waals surface area contributed by atoms with Crippen LogP contribution >= 0.6 is 49.9 Å². The van der Waals surface area contributed by atoms with Crippen molar-refractivity contribution in [2.24, 2.45) is 0 Å². The van der Waals surface area contributed by atoms with Gasteiger partial charge in [0.1, 0.15) is 0 Å². The van der Waals surface area contributed by atoms with E-state index in [1.165, 1.54) is 28.5 Å². The van der Waals surface area contributed by atoms with E-state index in [-0.39, 0.29) is 0 Å². The fourth-order valence-corrected chi connectivity index (χ4v) is 6.13. The van der Waals surface area contributed by atoms with Gasteiger partial charge in [0.15, 0.2) is 0 Å². The van der Waals surface area contributed by atoms with Gasteiger partial charge in [0.2, 0.25) is 0 Å². The highest BCUT2D eigenvalue weighted by Crippen LogP contribution is 2.39. The molecule has 1 unspecified atom stereocenters. The van der Waals surface area contributed by atoms with Crippen LogP contribution in [0.25, 0.3) is 9.40 Å². The molecule has 0 spiro atoms. The molecule has 0 amide bonds. The van der Waals surface area contributed by atoms with E-state index in [0.717, 1.165) is 13.0 Å². The van der Waals surface area contributed by atoms with Gasteiger partial charge in [0.25, 0.3) is 0 Å². The zero-order chi connectivity index (χ0) is 14.1. The first-order chi connectivity index (χ1) is 9.69. The van der Waals surface area contributed by atoms with E-state index in [1.807, 2.05) is 34.0 Å². The van der Waals surface area contributed by atoms with Crippen LogP contribution in [0.2, 0.25) is 0 Å². The molecule has 0 saturated heterocycles. The Hall–Kier alpha value is -0.200. The minimum Gasteiger partial charge on any atom is -0.305 e. The Bertz CT molecular complexity index is 662. The lowest BCUT2D eigenvalue weighted by atomic mass is 10.2. The maximum absolute atomic E-state index is 3.70. The molecule has 3 heterocycles. The van der Waals surface area contributed by atoms with Crippen molar-refractivity contribution in [3.63, 3.8) is 0 Å². The van der Waals surface area contributed by atoms with Crippen molar-refractivity contribution in [1.29, 1.82) is 0 Å². The second kappa shape index (κ2) is 6.28. The molecule has 0 bridgehead atoms. The number of nitrogens with one attached hydrogen (secondary N) is 1. The Labute approximate surface area is 139 Å². The molecule has 1 nitrogen and oxygen atoms in total. The van der Waals surface area contributed by atoms with Crippen molar-refractivity contribution in [1.82, 2.24) is 5.32 Å². The molecule has 3 rings (SSSR count). The fraction of sp³-hybridized carbons (Fsp3) is 0.333. The first-order valence-electron chi connectivity index (χ1n) is 6.65. The third-order valence-corrected chi connectivity index (χ3v) is 7.56. The zero-order valence-electron chi connectivity index (χ0n) is 11.4. The maximum atomic E-state index is 3.70. The topological polar surface area (TPSA) is 12.0 Å². The van der Waals surface area contributed by atoms with Gasteiger partial charge >= 0.3 is 0 Å². The fourth-order valence-electron chi connectivity index (χ4n) is 2.18. The normalized spacial score (nSPS) is 13.2. The number of hydrogen-bond donors (Lipinski definition) is 1. The van der Waals surface area contributed by atoms with Crippen LogP contribution in [0.4, 0.5) is 0 Å². The molecule has 0 saturated carbocycles. The lowest BCUT2D eigenvalue weighted by Crippen LogP contribution is -2.21. The Morgan fingerprint density at radius 1 is 1.20 bits per heavy atom. The van der Waals surface area contributed by atoms with Crippen LogP contribution in [-0.2, 0) is 0 Å². The number of fused-ring (bicyclic) bond motifs is 1. The number of aryl methyl sites for hydroxylation is 1. The molecule has 0 aromatic carbocycles. The molecule has 106 valence electrons. The molecule has 1 atom stereocenters. The van der Waals surface area contributed by atoms with Gasteiger partial charge in [-0.1, -0.05) is 6.92 Å². The van der Waals surface area contributed by atoms with E-state index in [1.54, 1.807) is 0 Å². The smallest absolute Gasteiger partial charge is 0.0766 e. The summed E-state index contributed by atoms with van der Waals surface area (Å²) in [4.78, 5) is 4.17. The Kier molecular flexibility index (Phi) is 4.62. The van der Waals surface area contributed by atoms with E-state index in [2.05, 4.69) is 58.7 Å². The predicted octanol–water partition coefficient (Wildman–Crippen LogP) is 6.18. The summed E-state index contributed by atoms with van der Waals surface area (Å²) in [5, 5.41) is 5.87. The third kappa shape index (κ3) is 2.88. The van der Waals surface area contributed by atoms with Gasteiger partial charge in [-0.25, -0.2) is 0 Å². The molecule has 3 aromatic rings. The van der Waals surface area contributed by atoms with Gasteiger partial charge in [-0.05, 0) is 59.4 Å². The average molecular weight is 386 g/mol. The predicted molar refractivity (Wildman–Crippen MR) is 96.6 cm³/mol. The van der Waals surface area contributed by atoms with E-state index in [9.17, 15) is 0 Å². The lowest BCUT2D eigenvalue weighted by Gasteiger charge is -2.15. The van der Waals surface area contributed by atoms with Crippen LogP contribution in [0.1, 0.15) is 34.0 Å². The number of hydrogen-bond acceptors (Lipinski definition) is 4. The monoisotopic (exact) mass is 385 g/mol. The molecule has 1 N–H and O–H groups in total. The highest BCUT2D eigenvalue weighted by molar-refractivity contribution is 9.10. The first kappa shape index (κ1) is 14.7. The Morgan fingerprint density at radius 2 is 2.00 bits per heavy atom. The molecular formula is C15H16BrNS3. The number of thiophene rings is 3. The molecule has 0 aliphatic carbocycles. The molecule has 0 aliphatic heterocycles. The van der Waals surface area contributed by atoms with Crippen LogP contribution in [-0.4, -0.2) is 6.54 Å². The van der Waals surface area contributed by atoms with Crippen molar-refractivity contribution in [2.45, 2.75) is 26.3 Å². The second-order valence-corrected chi connectivity index (χ2v) is 8.94. The standard InChI is InChI=1S/C15H16BrNS3/c1-3-5-17-15(13-7-10(16)9(2)19-13)14-8-12-11(20-14)4-6-18-12/h4,6-8,15,17H,3,5H2,1-2H3. The molecule has 20 heavy (non-hydrogen) atoms. The van der Waals surface area contributed by atoms with Gasteiger partial charge in [0, 0.05) is 28.5 Å². The van der Waals surface area contributed by atoms with Crippen LogP contribution in [0.5, 0.6) is 0 Å². The summed E-state index contributed by atoms with van der Waals surface area (Å²) in [5.74, 6) is 0. The van der Waals surface area contributed by atoms with Crippen molar-refractivity contribution >= 4 is 59.3 Å². The minimum atomic E-state index is 0.328. The molecule has 0 radical (unpaired) electrons. The van der Waals surface area contributed by atoms with E-state index in [0.29, 0.717) is 6.04 Å². The average Bonchev–Trinajstić information content (AvgIpc) is 3.06. The zero-order valence-corrected chi connectivity index (χ0v) is 15.4. The van der Waals surface area contributed by atoms with Gasteiger partial charge in [-0.15, -0.1) is 34.0 Å². The maximum Gasteiger partial charge on any atom is 0.0766 e. The summed E-state index contributed by atoms with van der Waals surface area (Å²) < 4.78 is 4.03. The largest absolute Gasteiger partial charge is 0.305 e. The SMILES string of the molecule is CCCNC(c1cc(Br)c(C)s1)c1cc2sccc2s1. The number of halogens is 1. The van der Waals surface area contributed by atoms with E-state index >= 15 is 0 Å². The van der Waals surface area contributed by atoms with Crippen LogP contribution in [0.15, 0.2) is 28.1 Å². The first-order valence-corrected chi connectivity index (χ1v) is 9.95. The third-order valence-electron chi connectivity index (χ3n) is 3.20. The summed E-state index contributed by atoms with van der Waals surface area (Å²) in [6.45, 7) is 5.43. The Morgan fingerprint density at radius 3 is 2.65 bits per heavy atom. The van der Waals surface area contributed by atoms with Crippen molar-refractivity contribution in [3.05, 3.63) is 42.7 Å². The summed E-state index contributed by atoms with van der Waals surface area (Å²) in [5.41, 5.74) is 0. The molecule has 5 heteroatoms. The Balaban J connectivity index is 1.98. The van der Waals surface area contributed by atoms with Gasteiger partial charge in [-0.2, -0.15) is 0 Å². The van der Waals surface area contributed by atoms with Crippen molar-refractivity contribution in [2.75, 3.05) is 6.54 Å². The summed E-state index contributed by atoms with van der Waals surface area (Å²) in [6.07, 6.45) is 1.15. The van der Waals surface area contributed by atoms with Crippen LogP contribution in [0, 0.1) is 6.92 Å². The molecule has 0 fully saturated rings. The van der Waals surface area contributed by atoms with Gasteiger partial charge in [-0.3, -0.25) is 0 Å².